The number of sulfonamides is 1. The third kappa shape index (κ3) is 3.72. The third-order valence-electron chi connectivity index (χ3n) is 6.45. The van der Waals surface area contributed by atoms with Gasteiger partial charge in [0.2, 0.25) is 10.0 Å². The van der Waals surface area contributed by atoms with Crippen molar-refractivity contribution in [2.45, 2.75) is 37.4 Å². The zero-order chi connectivity index (χ0) is 22.3. The Hall–Kier alpha value is -2.35. The molecule has 1 aliphatic carbocycles. The second-order valence-corrected chi connectivity index (χ2v) is 11.0. The van der Waals surface area contributed by atoms with Gasteiger partial charge in [0.05, 0.1) is 23.7 Å². The molecule has 3 aromatic rings. The average Bonchev–Trinajstić information content (AvgIpc) is 3.39. The Morgan fingerprint density at radius 2 is 1.72 bits per heavy atom. The summed E-state index contributed by atoms with van der Waals surface area (Å²) in [5.74, 6) is 0.710. The summed E-state index contributed by atoms with van der Waals surface area (Å²) in [6.45, 7) is 1.25. The predicted molar refractivity (Wildman–Crippen MR) is 126 cm³/mol. The van der Waals surface area contributed by atoms with Gasteiger partial charge in [0.15, 0.2) is 0 Å². The molecule has 0 N–H and O–H groups in total. The highest BCUT2D eigenvalue weighted by molar-refractivity contribution is 7.89. The summed E-state index contributed by atoms with van der Waals surface area (Å²) in [5.41, 5.74) is 4.50. The largest absolute Gasteiger partial charge is 0.494 e. The summed E-state index contributed by atoms with van der Waals surface area (Å²) in [5, 5.41) is 5.09. The second kappa shape index (κ2) is 8.54. The van der Waals surface area contributed by atoms with Crippen LogP contribution in [0.25, 0.3) is 16.9 Å². The molecule has 1 fully saturated rings. The Morgan fingerprint density at radius 1 is 1.00 bits per heavy atom. The van der Waals surface area contributed by atoms with Crippen LogP contribution < -0.4 is 4.74 Å². The lowest BCUT2D eigenvalue weighted by molar-refractivity contribution is 0.342. The standard InChI is InChI=1S/C24H26ClN3O3S/c1-31-23-8-4-3-7-22(23)28-24(17-9-11-18(25)12-10-17)20-15-19(16-21(20)26-28)32(29,30)27-13-5-2-6-14-27/h3-4,7-12,19H,2,5-6,13-16H2,1H3. The van der Waals surface area contributed by atoms with Crippen molar-refractivity contribution in [3.8, 4) is 22.7 Å². The SMILES string of the molecule is COc1ccccc1-n1nc2c(c1-c1ccc(Cl)cc1)CC(S(=O)(=O)N1CCCCC1)C2. The minimum Gasteiger partial charge on any atom is -0.494 e. The Kier molecular flexibility index (Phi) is 5.73. The van der Waals surface area contributed by atoms with Crippen molar-refractivity contribution >= 4 is 21.6 Å². The summed E-state index contributed by atoms with van der Waals surface area (Å²) < 4.78 is 35.9. The maximum absolute atomic E-state index is 13.4. The highest BCUT2D eigenvalue weighted by Crippen LogP contribution is 2.39. The van der Waals surface area contributed by atoms with Gasteiger partial charge in [0.1, 0.15) is 11.4 Å². The monoisotopic (exact) mass is 471 g/mol. The fourth-order valence-corrected chi connectivity index (χ4v) is 6.87. The third-order valence-corrected chi connectivity index (χ3v) is 8.96. The van der Waals surface area contributed by atoms with Crippen LogP contribution in [0.1, 0.15) is 30.5 Å². The molecule has 2 aliphatic rings. The van der Waals surface area contributed by atoms with Gasteiger partial charge in [-0.15, -0.1) is 0 Å². The quantitative estimate of drug-likeness (QED) is 0.550. The van der Waals surface area contributed by atoms with E-state index in [9.17, 15) is 8.42 Å². The van der Waals surface area contributed by atoms with Crippen LogP contribution in [0.4, 0.5) is 0 Å². The summed E-state index contributed by atoms with van der Waals surface area (Å²) in [6, 6.07) is 15.3. The number of aromatic nitrogens is 2. The van der Waals surface area contributed by atoms with Gasteiger partial charge in [-0.1, -0.05) is 42.3 Å². The van der Waals surface area contributed by atoms with Crippen LogP contribution in [0.3, 0.4) is 0 Å². The molecule has 0 bridgehead atoms. The molecule has 168 valence electrons. The maximum atomic E-state index is 13.4. The first-order valence-electron chi connectivity index (χ1n) is 11.0. The molecule has 0 saturated carbocycles. The van der Waals surface area contributed by atoms with Crippen LogP contribution in [0, 0.1) is 0 Å². The molecule has 2 heterocycles. The van der Waals surface area contributed by atoms with Crippen LogP contribution in [0.15, 0.2) is 48.5 Å². The van der Waals surface area contributed by atoms with Gasteiger partial charge in [-0.2, -0.15) is 5.10 Å². The molecular formula is C24H26ClN3O3S. The molecule has 1 atom stereocenters. The Balaban J connectivity index is 1.59. The molecule has 0 spiro atoms. The van der Waals surface area contributed by atoms with Gasteiger partial charge in [0, 0.05) is 35.7 Å². The molecule has 0 amide bonds. The van der Waals surface area contributed by atoms with Crippen LogP contribution >= 0.6 is 11.6 Å². The molecule has 1 unspecified atom stereocenters. The fourth-order valence-electron chi connectivity index (χ4n) is 4.81. The Labute approximate surface area is 193 Å². The number of piperidine rings is 1. The number of benzene rings is 2. The molecule has 2 aromatic carbocycles. The summed E-state index contributed by atoms with van der Waals surface area (Å²) >= 11 is 6.14. The molecule has 0 radical (unpaired) electrons. The van der Waals surface area contributed by atoms with E-state index in [0.717, 1.165) is 47.5 Å². The Morgan fingerprint density at radius 3 is 2.44 bits per heavy atom. The van der Waals surface area contributed by atoms with E-state index in [-0.39, 0.29) is 0 Å². The number of halogens is 1. The highest BCUT2D eigenvalue weighted by Gasteiger charge is 2.40. The summed E-state index contributed by atoms with van der Waals surface area (Å²) in [7, 11) is -1.72. The topological polar surface area (TPSA) is 64.4 Å². The van der Waals surface area contributed by atoms with Crippen LogP contribution in [-0.4, -0.2) is 48.0 Å². The fraction of sp³-hybridized carbons (Fsp3) is 0.375. The van der Waals surface area contributed by atoms with Crippen molar-refractivity contribution in [2.75, 3.05) is 20.2 Å². The molecule has 5 rings (SSSR count). The molecule has 1 saturated heterocycles. The van der Waals surface area contributed by atoms with E-state index in [2.05, 4.69) is 0 Å². The first-order chi connectivity index (χ1) is 15.5. The van der Waals surface area contributed by atoms with E-state index in [0.29, 0.717) is 36.7 Å². The molecule has 32 heavy (non-hydrogen) atoms. The number of hydrogen-bond acceptors (Lipinski definition) is 4. The lowest BCUT2D eigenvalue weighted by Gasteiger charge is -2.28. The van der Waals surface area contributed by atoms with E-state index >= 15 is 0 Å². The minimum atomic E-state index is -3.36. The number of para-hydroxylation sites is 2. The molecule has 6 nitrogen and oxygen atoms in total. The number of nitrogens with zero attached hydrogens (tertiary/aromatic N) is 3. The van der Waals surface area contributed by atoms with Crippen LogP contribution in [0.5, 0.6) is 5.75 Å². The van der Waals surface area contributed by atoms with Gasteiger partial charge in [-0.05, 0) is 43.5 Å². The highest BCUT2D eigenvalue weighted by atomic mass is 35.5. The van der Waals surface area contributed by atoms with E-state index < -0.39 is 15.3 Å². The predicted octanol–water partition coefficient (Wildman–Crippen LogP) is 4.48. The first kappa shape index (κ1) is 21.5. The molecule has 1 aliphatic heterocycles. The molecule has 8 heteroatoms. The lowest BCUT2D eigenvalue weighted by Crippen LogP contribution is -2.42. The zero-order valence-electron chi connectivity index (χ0n) is 18.0. The summed E-state index contributed by atoms with van der Waals surface area (Å²) in [4.78, 5) is 0. The number of ether oxygens (including phenoxy) is 1. The van der Waals surface area contributed by atoms with Crippen molar-refractivity contribution in [3.05, 3.63) is 64.8 Å². The van der Waals surface area contributed by atoms with Crippen molar-refractivity contribution in [1.82, 2.24) is 14.1 Å². The van der Waals surface area contributed by atoms with Gasteiger partial charge >= 0.3 is 0 Å². The van der Waals surface area contributed by atoms with Gasteiger partial charge in [-0.25, -0.2) is 17.4 Å². The van der Waals surface area contributed by atoms with Crippen LogP contribution in [-0.2, 0) is 22.9 Å². The zero-order valence-corrected chi connectivity index (χ0v) is 19.6. The normalized spacial score (nSPS) is 19.1. The van der Waals surface area contributed by atoms with Crippen LogP contribution in [0.2, 0.25) is 5.02 Å². The second-order valence-electron chi connectivity index (χ2n) is 8.40. The Bertz CT molecular complexity index is 1230. The van der Waals surface area contributed by atoms with Crippen molar-refractivity contribution in [3.63, 3.8) is 0 Å². The van der Waals surface area contributed by atoms with E-state index in [4.69, 9.17) is 21.4 Å². The smallest absolute Gasteiger partial charge is 0.217 e. The number of hydrogen-bond donors (Lipinski definition) is 0. The first-order valence-corrected chi connectivity index (χ1v) is 12.9. The van der Waals surface area contributed by atoms with Gasteiger partial charge < -0.3 is 4.74 Å². The van der Waals surface area contributed by atoms with Crippen molar-refractivity contribution in [1.29, 1.82) is 0 Å². The van der Waals surface area contributed by atoms with E-state index in [1.807, 2.05) is 53.2 Å². The van der Waals surface area contributed by atoms with E-state index in [1.165, 1.54) is 0 Å². The average molecular weight is 472 g/mol. The maximum Gasteiger partial charge on any atom is 0.217 e. The van der Waals surface area contributed by atoms with Crippen molar-refractivity contribution in [2.24, 2.45) is 0 Å². The van der Waals surface area contributed by atoms with Crippen molar-refractivity contribution < 1.29 is 13.2 Å². The lowest BCUT2D eigenvalue weighted by atomic mass is 10.1. The molecular weight excluding hydrogens is 446 g/mol. The minimum absolute atomic E-state index is 0.427. The van der Waals surface area contributed by atoms with E-state index in [1.54, 1.807) is 11.4 Å². The van der Waals surface area contributed by atoms with Gasteiger partial charge in [0.25, 0.3) is 0 Å². The number of fused-ring (bicyclic) bond motifs is 1. The summed E-state index contributed by atoms with van der Waals surface area (Å²) in [6.07, 6.45) is 3.86. The number of rotatable bonds is 5. The van der Waals surface area contributed by atoms with Gasteiger partial charge in [-0.3, -0.25) is 0 Å². The number of methoxy groups -OCH3 is 1. The molecule has 1 aromatic heterocycles.